The van der Waals surface area contributed by atoms with Gasteiger partial charge in [0.05, 0.1) is 35.7 Å². The topological polar surface area (TPSA) is 79.2 Å². The Balaban J connectivity index is 1.51. The van der Waals surface area contributed by atoms with E-state index in [1.807, 2.05) is 13.8 Å². The van der Waals surface area contributed by atoms with Crippen LogP contribution in [0.25, 0.3) is 5.69 Å². The number of hydrogen-bond acceptors (Lipinski definition) is 5. The fraction of sp³-hybridized carbons (Fsp3) is 0.417. The molecule has 1 aliphatic heterocycles. The van der Waals surface area contributed by atoms with Crippen molar-refractivity contribution in [2.45, 2.75) is 52.0 Å². The first-order valence-corrected chi connectivity index (χ1v) is 11.3. The van der Waals surface area contributed by atoms with E-state index in [-0.39, 0.29) is 30.1 Å². The molecule has 1 aliphatic rings. The molecule has 186 valence electrons. The van der Waals surface area contributed by atoms with Crippen molar-refractivity contribution in [2.24, 2.45) is 5.92 Å². The number of hydrogen-bond donors (Lipinski definition) is 1. The molecular weight excluding hydrogens is 459 g/mol. The molecule has 0 saturated carbocycles. The number of aromatic nitrogens is 4. The number of urea groups is 1. The number of anilines is 2. The Bertz CT molecular complexity index is 1190. The van der Waals surface area contributed by atoms with E-state index in [1.54, 1.807) is 46.2 Å². The van der Waals surface area contributed by atoms with Gasteiger partial charge < -0.3 is 14.8 Å². The molecule has 1 saturated heterocycles. The van der Waals surface area contributed by atoms with Crippen molar-refractivity contribution >= 4 is 17.8 Å². The summed E-state index contributed by atoms with van der Waals surface area (Å²) in [5, 5.41) is 3.20. The number of nitrogens with zero attached hydrogens (tertiary/aromatic N) is 6. The van der Waals surface area contributed by atoms with Crippen LogP contribution in [0, 0.1) is 5.92 Å². The van der Waals surface area contributed by atoms with Crippen molar-refractivity contribution in [2.75, 3.05) is 17.3 Å². The molecule has 2 unspecified atom stereocenters. The number of benzene rings is 1. The number of likely N-dealkylation sites (N-methyl/N-ethyl adjacent to an activating group) is 1. The van der Waals surface area contributed by atoms with E-state index in [1.165, 1.54) is 12.1 Å². The molecule has 0 spiro atoms. The van der Waals surface area contributed by atoms with Crippen molar-refractivity contribution in [1.82, 2.24) is 24.4 Å². The van der Waals surface area contributed by atoms with E-state index in [2.05, 4.69) is 34.1 Å². The van der Waals surface area contributed by atoms with E-state index in [0.717, 1.165) is 12.1 Å². The van der Waals surface area contributed by atoms with E-state index in [4.69, 9.17) is 0 Å². The van der Waals surface area contributed by atoms with Gasteiger partial charge in [-0.2, -0.15) is 18.2 Å². The summed E-state index contributed by atoms with van der Waals surface area (Å²) in [5.41, 5.74) is 0.516. The van der Waals surface area contributed by atoms with Gasteiger partial charge in [0.25, 0.3) is 0 Å². The highest BCUT2D eigenvalue weighted by molar-refractivity contribution is 5.94. The smallest absolute Gasteiger partial charge is 0.346 e. The van der Waals surface area contributed by atoms with Gasteiger partial charge in [0, 0.05) is 25.1 Å². The number of rotatable bonds is 6. The second-order valence-electron chi connectivity index (χ2n) is 9.09. The molecule has 3 aromatic rings. The summed E-state index contributed by atoms with van der Waals surface area (Å²) in [6, 6.07) is 6.21. The normalized spacial score (nSPS) is 19.5. The average Bonchev–Trinajstić information content (AvgIpc) is 3.39. The Morgan fingerprint density at radius 1 is 1.06 bits per heavy atom. The van der Waals surface area contributed by atoms with Gasteiger partial charge in [0.2, 0.25) is 5.95 Å². The van der Waals surface area contributed by atoms with Crippen molar-refractivity contribution in [3.8, 4) is 5.69 Å². The SMILES string of the molecule is CC(C)C1C(C)N(C)C(=O)N1c1ccnc(N[C@@H](C)c2cn(-c3ccc(C(F)(F)F)cc3)cn2)n1. The Morgan fingerprint density at radius 3 is 2.37 bits per heavy atom. The summed E-state index contributed by atoms with van der Waals surface area (Å²) in [7, 11) is 1.79. The Labute approximate surface area is 201 Å². The molecule has 1 fully saturated rings. The molecule has 1 N–H and O–H groups in total. The highest BCUT2D eigenvalue weighted by Gasteiger charge is 2.44. The third-order valence-electron chi connectivity index (χ3n) is 6.37. The summed E-state index contributed by atoms with van der Waals surface area (Å²) in [6.45, 7) is 8.06. The van der Waals surface area contributed by atoms with Gasteiger partial charge in [-0.05, 0) is 50.1 Å². The summed E-state index contributed by atoms with van der Waals surface area (Å²) >= 11 is 0. The predicted molar refractivity (Wildman–Crippen MR) is 126 cm³/mol. The number of halogens is 3. The minimum absolute atomic E-state index is 0.0212. The first-order chi connectivity index (χ1) is 16.5. The number of carbonyl (C=O) groups excluding carboxylic acids is 1. The molecule has 1 aromatic carbocycles. The molecule has 2 aromatic heterocycles. The molecular formula is C24H28F3N7O. The fourth-order valence-corrected chi connectivity index (χ4v) is 4.37. The predicted octanol–water partition coefficient (Wildman–Crippen LogP) is 5.14. The van der Waals surface area contributed by atoms with Crippen LogP contribution in [-0.2, 0) is 6.18 Å². The van der Waals surface area contributed by atoms with Gasteiger partial charge >= 0.3 is 12.2 Å². The molecule has 35 heavy (non-hydrogen) atoms. The zero-order chi connectivity index (χ0) is 25.5. The van der Waals surface area contributed by atoms with E-state index >= 15 is 0 Å². The van der Waals surface area contributed by atoms with Gasteiger partial charge in [-0.3, -0.25) is 4.90 Å². The van der Waals surface area contributed by atoms with Crippen molar-refractivity contribution in [3.05, 3.63) is 60.3 Å². The maximum Gasteiger partial charge on any atom is 0.416 e. The van der Waals surface area contributed by atoms with Crippen LogP contribution < -0.4 is 10.2 Å². The van der Waals surface area contributed by atoms with E-state index in [0.29, 0.717) is 23.1 Å². The van der Waals surface area contributed by atoms with Crippen molar-refractivity contribution < 1.29 is 18.0 Å². The lowest BCUT2D eigenvalue weighted by Crippen LogP contribution is -2.40. The second-order valence-corrected chi connectivity index (χ2v) is 9.09. The molecule has 2 amide bonds. The fourth-order valence-electron chi connectivity index (χ4n) is 4.37. The molecule has 8 nitrogen and oxygen atoms in total. The number of imidazole rings is 1. The Hall–Kier alpha value is -3.63. The quantitative estimate of drug-likeness (QED) is 0.521. The third-order valence-corrected chi connectivity index (χ3v) is 6.37. The molecule has 0 radical (unpaired) electrons. The molecule has 11 heteroatoms. The Kier molecular flexibility index (Phi) is 6.44. The lowest BCUT2D eigenvalue weighted by atomic mass is 9.97. The summed E-state index contributed by atoms with van der Waals surface area (Å²) in [6.07, 6.45) is 0.500. The van der Waals surface area contributed by atoms with Crippen LogP contribution in [0.4, 0.5) is 29.7 Å². The second kappa shape index (κ2) is 9.20. The Morgan fingerprint density at radius 2 is 1.74 bits per heavy atom. The van der Waals surface area contributed by atoms with Crippen LogP contribution in [-0.4, -0.2) is 49.6 Å². The van der Waals surface area contributed by atoms with Crippen LogP contribution in [0.5, 0.6) is 0 Å². The summed E-state index contributed by atoms with van der Waals surface area (Å²) in [4.78, 5) is 29.6. The zero-order valence-corrected chi connectivity index (χ0v) is 20.2. The van der Waals surface area contributed by atoms with Crippen LogP contribution in [0.15, 0.2) is 49.1 Å². The number of amides is 2. The maximum atomic E-state index is 12.9. The molecule has 0 bridgehead atoms. The van der Waals surface area contributed by atoms with E-state index < -0.39 is 11.7 Å². The van der Waals surface area contributed by atoms with E-state index in [9.17, 15) is 18.0 Å². The highest BCUT2D eigenvalue weighted by Crippen LogP contribution is 2.32. The zero-order valence-electron chi connectivity index (χ0n) is 20.2. The van der Waals surface area contributed by atoms with Gasteiger partial charge in [-0.1, -0.05) is 13.8 Å². The first kappa shape index (κ1) is 24.5. The van der Waals surface area contributed by atoms with Crippen LogP contribution in [0.3, 0.4) is 0 Å². The molecule has 3 heterocycles. The van der Waals surface area contributed by atoms with Gasteiger partial charge in [0.1, 0.15) is 5.82 Å². The van der Waals surface area contributed by atoms with Crippen molar-refractivity contribution in [3.63, 3.8) is 0 Å². The third kappa shape index (κ3) is 4.80. The summed E-state index contributed by atoms with van der Waals surface area (Å²) < 4.78 is 40.1. The minimum atomic E-state index is -4.38. The lowest BCUT2D eigenvalue weighted by molar-refractivity contribution is -0.137. The molecule has 0 aliphatic carbocycles. The van der Waals surface area contributed by atoms with Crippen LogP contribution >= 0.6 is 0 Å². The van der Waals surface area contributed by atoms with Crippen LogP contribution in [0.1, 0.15) is 45.0 Å². The monoisotopic (exact) mass is 487 g/mol. The largest absolute Gasteiger partial charge is 0.416 e. The maximum absolute atomic E-state index is 12.9. The number of carbonyl (C=O) groups is 1. The molecule has 3 atom stereocenters. The van der Waals surface area contributed by atoms with Gasteiger partial charge in [-0.15, -0.1) is 0 Å². The highest BCUT2D eigenvalue weighted by atomic mass is 19.4. The van der Waals surface area contributed by atoms with Gasteiger partial charge in [-0.25, -0.2) is 14.8 Å². The molecule has 4 rings (SSSR count). The van der Waals surface area contributed by atoms with Crippen molar-refractivity contribution in [1.29, 1.82) is 0 Å². The average molecular weight is 488 g/mol. The summed E-state index contributed by atoms with van der Waals surface area (Å²) in [5.74, 6) is 1.10. The number of nitrogens with one attached hydrogen (secondary N) is 1. The first-order valence-electron chi connectivity index (χ1n) is 11.3. The van der Waals surface area contributed by atoms with Crippen LogP contribution in [0.2, 0.25) is 0 Å². The minimum Gasteiger partial charge on any atom is -0.346 e. The lowest BCUT2D eigenvalue weighted by Gasteiger charge is -2.28. The standard InChI is InChI=1S/C24H28F3N7O/c1-14(2)21-16(4)32(5)23(35)34(21)20-10-11-28-22(31-20)30-15(3)19-12-33(13-29-19)18-8-6-17(7-9-18)24(25,26)27/h6-16,21H,1-5H3,(H,28,30,31)/t15-,16?,21?/m0/s1. The number of alkyl halides is 3. The van der Waals surface area contributed by atoms with Gasteiger partial charge in [0.15, 0.2) is 0 Å².